The lowest BCUT2D eigenvalue weighted by Crippen LogP contribution is -2.23. The van der Waals surface area contributed by atoms with E-state index in [1.807, 2.05) is 36.4 Å². The summed E-state index contributed by atoms with van der Waals surface area (Å²) < 4.78 is 15.6. The summed E-state index contributed by atoms with van der Waals surface area (Å²) in [5.41, 5.74) is 4.39. The molecule has 0 aromatic heterocycles. The zero-order chi connectivity index (χ0) is 17.4. The molecule has 0 heterocycles. The summed E-state index contributed by atoms with van der Waals surface area (Å²) in [6, 6.07) is 12.9. The van der Waals surface area contributed by atoms with E-state index in [1.165, 1.54) is 0 Å². The average Bonchev–Trinajstić information content (AvgIpc) is 2.61. The van der Waals surface area contributed by atoms with Crippen LogP contribution in [0, 0.1) is 0 Å². The molecule has 0 fully saturated rings. The van der Waals surface area contributed by atoms with Gasteiger partial charge in [0.25, 0.3) is 0 Å². The molecule has 0 aliphatic carbocycles. The van der Waals surface area contributed by atoms with Gasteiger partial charge in [-0.15, -0.1) is 0 Å². The molecule has 2 rings (SSSR count). The number of nitrogens with one attached hydrogen (secondary N) is 2. The maximum absolute atomic E-state index is 5.21. The maximum Gasteiger partial charge on any atom is 0.191 e. The lowest BCUT2D eigenvalue weighted by atomic mass is 10.2. The van der Waals surface area contributed by atoms with Gasteiger partial charge in [-0.25, -0.2) is 0 Å². The molecule has 2 aromatic carbocycles. The number of hydrogen-bond acceptors (Lipinski definition) is 5. The maximum atomic E-state index is 5.21. The summed E-state index contributed by atoms with van der Waals surface area (Å²) in [6.07, 6.45) is 1.63. The molecule has 126 valence electrons. The van der Waals surface area contributed by atoms with E-state index in [0.29, 0.717) is 16.6 Å². The smallest absolute Gasteiger partial charge is 0.191 e. The minimum absolute atomic E-state index is 0.370. The highest BCUT2D eigenvalue weighted by Gasteiger charge is 2.01. The quantitative estimate of drug-likeness (QED) is 0.477. The summed E-state index contributed by atoms with van der Waals surface area (Å²) in [4.78, 5) is 0. The molecule has 0 spiro atoms. The van der Waals surface area contributed by atoms with E-state index >= 15 is 0 Å². The van der Waals surface area contributed by atoms with Crippen LogP contribution in [-0.2, 0) is 0 Å². The average molecular weight is 345 g/mol. The normalized spacial score (nSPS) is 10.3. The molecule has 0 atom stereocenters. The highest BCUT2D eigenvalue weighted by atomic mass is 32.1. The van der Waals surface area contributed by atoms with E-state index in [2.05, 4.69) is 15.8 Å². The largest absolute Gasteiger partial charge is 0.497 e. The molecule has 0 aliphatic rings. The molecule has 0 radical (unpaired) electrons. The molecule has 24 heavy (non-hydrogen) atoms. The van der Waals surface area contributed by atoms with Gasteiger partial charge in [-0.05, 0) is 36.5 Å². The van der Waals surface area contributed by atoms with Crippen molar-refractivity contribution in [3.63, 3.8) is 0 Å². The summed E-state index contributed by atoms with van der Waals surface area (Å²) in [5.74, 6) is 2.12. The first-order valence-electron chi connectivity index (χ1n) is 7.12. The van der Waals surface area contributed by atoms with Crippen LogP contribution in [0.4, 0.5) is 5.69 Å². The van der Waals surface area contributed by atoms with Crippen LogP contribution < -0.4 is 25.0 Å². The zero-order valence-electron chi connectivity index (χ0n) is 13.7. The van der Waals surface area contributed by atoms with Crippen molar-refractivity contribution >= 4 is 29.2 Å². The Morgan fingerprint density at radius 3 is 2.25 bits per heavy atom. The predicted octanol–water partition coefficient (Wildman–Crippen LogP) is 3.03. The third-order valence-electron chi connectivity index (χ3n) is 3.08. The molecule has 0 bridgehead atoms. The Kier molecular flexibility index (Phi) is 6.39. The summed E-state index contributed by atoms with van der Waals surface area (Å²) in [6.45, 7) is 0. The van der Waals surface area contributed by atoms with Crippen molar-refractivity contribution in [3.8, 4) is 17.2 Å². The first kappa shape index (κ1) is 17.6. The summed E-state index contributed by atoms with van der Waals surface area (Å²) in [5, 5.41) is 7.51. The molecule has 7 heteroatoms. The number of ether oxygens (including phenoxy) is 3. The van der Waals surface area contributed by atoms with Gasteiger partial charge < -0.3 is 19.5 Å². The Balaban J connectivity index is 1.96. The number of benzene rings is 2. The third-order valence-corrected chi connectivity index (χ3v) is 3.27. The van der Waals surface area contributed by atoms with Crippen LogP contribution in [0.3, 0.4) is 0 Å². The van der Waals surface area contributed by atoms with Gasteiger partial charge >= 0.3 is 0 Å². The Bertz CT molecular complexity index is 713. The van der Waals surface area contributed by atoms with Crippen LogP contribution in [-0.4, -0.2) is 32.7 Å². The monoisotopic (exact) mass is 345 g/mol. The summed E-state index contributed by atoms with van der Waals surface area (Å²) in [7, 11) is 4.81. The van der Waals surface area contributed by atoms with E-state index < -0.39 is 0 Å². The van der Waals surface area contributed by atoms with Gasteiger partial charge in [-0.3, -0.25) is 5.43 Å². The highest BCUT2D eigenvalue weighted by Crippen LogP contribution is 2.21. The molecular weight excluding hydrogens is 326 g/mol. The second kappa shape index (κ2) is 8.73. The van der Waals surface area contributed by atoms with E-state index in [4.69, 9.17) is 26.4 Å². The first-order chi connectivity index (χ1) is 11.6. The van der Waals surface area contributed by atoms with E-state index in [-0.39, 0.29) is 0 Å². The Labute approximate surface area is 146 Å². The first-order valence-corrected chi connectivity index (χ1v) is 7.52. The van der Waals surface area contributed by atoms with Crippen LogP contribution in [0.5, 0.6) is 17.2 Å². The van der Waals surface area contributed by atoms with Crippen molar-refractivity contribution in [2.45, 2.75) is 0 Å². The number of methoxy groups -OCH3 is 3. The van der Waals surface area contributed by atoms with Gasteiger partial charge in [-0.2, -0.15) is 5.10 Å². The number of thiocarbonyl (C=S) groups is 1. The molecule has 6 nitrogen and oxygen atoms in total. The van der Waals surface area contributed by atoms with Gasteiger partial charge in [0.05, 0.1) is 27.5 Å². The fourth-order valence-corrected chi connectivity index (χ4v) is 2.10. The lowest BCUT2D eigenvalue weighted by Gasteiger charge is -2.08. The number of hydrazone groups is 1. The van der Waals surface area contributed by atoms with Crippen LogP contribution in [0.15, 0.2) is 47.6 Å². The lowest BCUT2D eigenvalue weighted by molar-refractivity contribution is 0.394. The number of anilines is 1. The van der Waals surface area contributed by atoms with Gasteiger partial charge in [0.1, 0.15) is 17.2 Å². The molecule has 0 unspecified atom stereocenters. The predicted molar refractivity (Wildman–Crippen MR) is 99.5 cm³/mol. The fourth-order valence-electron chi connectivity index (χ4n) is 1.93. The molecular formula is C17H19N3O3S. The Morgan fingerprint density at radius 1 is 0.958 bits per heavy atom. The minimum atomic E-state index is 0.370. The topological polar surface area (TPSA) is 64.1 Å². The molecule has 0 amide bonds. The molecule has 2 aromatic rings. The van der Waals surface area contributed by atoms with Crippen LogP contribution >= 0.6 is 12.2 Å². The van der Waals surface area contributed by atoms with Crippen molar-refractivity contribution in [2.75, 3.05) is 26.6 Å². The highest BCUT2D eigenvalue weighted by molar-refractivity contribution is 7.80. The van der Waals surface area contributed by atoms with Crippen molar-refractivity contribution in [1.82, 2.24) is 5.43 Å². The summed E-state index contributed by atoms with van der Waals surface area (Å²) >= 11 is 5.20. The zero-order valence-corrected chi connectivity index (χ0v) is 14.5. The number of hydrogen-bond donors (Lipinski definition) is 2. The van der Waals surface area contributed by atoms with E-state index in [9.17, 15) is 0 Å². The number of rotatable bonds is 6. The third kappa shape index (κ3) is 5.13. The molecule has 2 N–H and O–H groups in total. The van der Waals surface area contributed by atoms with Gasteiger partial charge in [0, 0.05) is 23.4 Å². The standard InChI is InChI=1S/C17H19N3O3S/c1-21-14-6-4-5-13(9-14)19-17(24)20-18-11-12-7-15(22-2)10-16(8-12)23-3/h4-11H,1-3H3,(H2,19,20,24)/b18-11-. The van der Waals surface area contributed by atoms with Gasteiger partial charge in [0.2, 0.25) is 0 Å². The van der Waals surface area contributed by atoms with Crippen molar-refractivity contribution in [2.24, 2.45) is 5.10 Å². The molecule has 0 saturated heterocycles. The van der Waals surface area contributed by atoms with Gasteiger partial charge in [-0.1, -0.05) is 6.07 Å². The van der Waals surface area contributed by atoms with Crippen molar-refractivity contribution in [1.29, 1.82) is 0 Å². The molecule has 0 saturated carbocycles. The van der Waals surface area contributed by atoms with Crippen LogP contribution in [0.25, 0.3) is 0 Å². The van der Waals surface area contributed by atoms with Gasteiger partial charge in [0.15, 0.2) is 5.11 Å². The minimum Gasteiger partial charge on any atom is -0.497 e. The Morgan fingerprint density at radius 2 is 1.62 bits per heavy atom. The second-order valence-corrected chi connectivity index (χ2v) is 5.11. The van der Waals surface area contributed by atoms with Crippen molar-refractivity contribution in [3.05, 3.63) is 48.0 Å². The number of nitrogens with zero attached hydrogens (tertiary/aromatic N) is 1. The van der Waals surface area contributed by atoms with Crippen LogP contribution in [0.2, 0.25) is 0 Å². The van der Waals surface area contributed by atoms with E-state index in [1.54, 1.807) is 33.6 Å². The fraction of sp³-hybridized carbons (Fsp3) is 0.176. The van der Waals surface area contributed by atoms with Crippen LogP contribution in [0.1, 0.15) is 5.56 Å². The van der Waals surface area contributed by atoms with Crippen molar-refractivity contribution < 1.29 is 14.2 Å². The second-order valence-electron chi connectivity index (χ2n) is 4.70. The SMILES string of the molecule is COc1cccc(NC(=S)N/N=C\c2cc(OC)cc(OC)c2)c1. The molecule has 0 aliphatic heterocycles. The Hall–Kier alpha value is -2.80. The van der Waals surface area contributed by atoms with E-state index in [0.717, 1.165) is 17.0 Å².